The van der Waals surface area contributed by atoms with Gasteiger partial charge in [-0.15, -0.1) is 6.58 Å². The highest BCUT2D eigenvalue weighted by molar-refractivity contribution is 5.83. The molecule has 148 valence electrons. The van der Waals surface area contributed by atoms with E-state index in [-0.39, 0.29) is 18.4 Å². The third-order valence-electron chi connectivity index (χ3n) is 5.13. The standard InChI is InChI=1S/C21H34O5/c1-3-5-13-21(25,4-2)14-8-9-17-11-12-19(22)18(17)10-6-7-15-26-16-20(23)24/h4,8-9,17-18,25H,2-3,5-7,10-16H2,1H3,(H,23,24)/t17-,18+,21?/m0/s1. The summed E-state index contributed by atoms with van der Waals surface area (Å²) in [6.07, 6.45) is 12.9. The number of carboxylic acids is 1. The van der Waals surface area contributed by atoms with Crippen LogP contribution in [0.1, 0.15) is 64.7 Å². The molecule has 1 rings (SSSR count). The van der Waals surface area contributed by atoms with Gasteiger partial charge in [0.25, 0.3) is 0 Å². The van der Waals surface area contributed by atoms with Crippen LogP contribution in [-0.4, -0.2) is 40.8 Å². The van der Waals surface area contributed by atoms with E-state index in [4.69, 9.17) is 9.84 Å². The highest BCUT2D eigenvalue weighted by Gasteiger charge is 2.32. The second-order valence-electron chi connectivity index (χ2n) is 7.26. The Morgan fingerprint density at radius 2 is 2.15 bits per heavy atom. The molecule has 1 unspecified atom stereocenters. The second-order valence-corrected chi connectivity index (χ2v) is 7.26. The average Bonchev–Trinajstić information content (AvgIpc) is 2.96. The summed E-state index contributed by atoms with van der Waals surface area (Å²) >= 11 is 0. The summed E-state index contributed by atoms with van der Waals surface area (Å²) in [6.45, 7) is 6.00. The number of aliphatic carboxylic acids is 1. The monoisotopic (exact) mass is 366 g/mol. The summed E-state index contributed by atoms with van der Waals surface area (Å²) in [4.78, 5) is 22.5. The van der Waals surface area contributed by atoms with Crippen LogP contribution in [0.2, 0.25) is 0 Å². The lowest BCUT2D eigenvalue weighted by Gasteiger charge is -2.23. The van der Waals surface area contributed by atoms with E-state index < -0.39 is 11.6 Å². The van der Waals surface area contributed by atoms with E-state index in [0.717, 1.165) is 38.5 Å². The summed E-state index contributed by atoms with van der Waals surface area (Å²) < 4.78 is 5.02. The van der Waals surface area contributed by atoms with Gasteiger partial charge in [0.05, 0.1) is 5.60 Å². The third-order valence-corrected chi connectivity index (χ3v) is 5.13. The zero-order valence-electron chi connectivity index (χ0n) is 16.0. The Morgan fingerprint density at radius 3 is 2.81 bits per heavy atom. The molecule has 5 nitrogen and oxygen atoms in total. The summed E-state index contributed by atoms with van der Waals surface area (Å²) in [6, 6.07) is 0. The number of hydrogen-bond donors (Lipinski definition) is 2. The Morgan fingerprint density at radius 1 is 1.38 bits per heavy atom. The van der Waals surface area contributed by atoms with Crippen LogP contribution < -0.4 is 0 Å². The molecule has 1 aliphatic rings. The average molecular weight is 366 g/mol. The molecule has 0 heterocycles. The second kappa shape index (κ2) is 12.0. The molecule has 3 atom stereocenters. The predicted molar refractivity (Wildman–Crippen MR) is 102 cm³/mol. The minimum atomic E-state index is -0.959. The Hall–Kier alpha value is -1.46. The summed E-state index contributed by atoms with van der Waals surface area (Å²) in [5.74, 6) is -0.364. The summed E-state index contributed by atoms with van der Waals surface area (Å²) in [5.41, 5.74) is -0.855. The van der Waals surface area contributed by atoms with Crippen molar-refractivity contribution < 1.29 is 24.5 Å². The normalized spacial score (nSPS) is 22.6. The molecule has 0 aliphatic heterocycles. The Balaban J connectivity index is 2.40. The van der Waals surface area contributed by atoms with Crippen molar-refractivity contribution >= 4 is 11.8 Å². The number of allylic oxidation sites excluding steroid dienone is 1. The van der Waals surface area contributed by atoms with Gasteiger partial charge in [-0.25, -0.2) is 4.79 Å². The number of hydrogen-bond acceptors (Lipinski definition) is 4. The van der Waals surface area contributed by atoms with Gasteiger partial charge in [0.1, 0.15) is 12.4 Å². The van der Waals surface area contributed by atoms with Crippen molar-refractivity contribution in [3.05, 3.63) is 24.8 Å². The van der Waals surface area contributed by atoms with Crippen molar-refractivity contribution in [2.75, 3.05) is 13.2 Å². The maximum Gasteiger partial charge on any atom is 0.329 e. The van der Waals surface area contributed by atoms with Crippen LogP contribution in [0.25, 0.3) is 0 Å². The molecule has 0 spiro atoms. The van der Waals surface area contributed by atoms with Crippen LogP contribution in [-0.2, 0) is 14.3 Å². The first kappa shape index (κ1) is 22.6. The fraction of sp³-hybridized carbons (Fsp3) is 0.714. The Bertz CT molecular complexity index is 485. The van der Waals surface area contributed by atoms with Crippen molar-refractivity contribution in [3.8, 4) is 0 Å². The molecule has 0 aromatic heterocycles. The highest BCUT2D eigenvalue weighted by Crippen LogP contribution is 2.34. The first-order valence-electron chi connectivity index (χ1n) is 9.76. The van der Waals surface area contributed by atoms with Crippen molar-refractivity contribution in [2.24, 2.45) is 11.8 Å². The van der Waals surface area contributed by atoms with Crippen LogP contribution in [0, 0.1) is 11.8 Å². The fourth-order valence-corrected chi connectivity index (χ4v) is 3.48. The van der Waals surface area contributed by atoms with Gasteiger partial charge in [-0.1, -0.05) is 44.4 Å². The lowest BCUT2D eigenvalue weighted by molar-refractivity contribution is -0.142. The largest absolute Gasteiger partial charge is 0.480 e. The predicted octanol–water partition coefficient (Wildman–Crippen LogP) is 3.91. The lowest BCUT2D eigenvalue weighted by atomic mass is 9.88. The minimum Gasteiger partial charge on any atom is -0.480 e. The number of unbranched alkanes of at least 4 members (excludes halogenated alkanes) is 2. The van der Waals surface area contributed by atoms with Gasteiger partial charge in [0.15, 0.2) is 0 Å². The molecule has 26 heavy (non-hydrogen) atoms. The topological polar surface area (TPSA) is 83.8 Å². The summed E-state index contributed by atoms with van der Waals surface area (Å²) in [5, 5.41) is 19.0. The van der Waals surface area contributed by atoms with Gasteiger partial charge in [-0.2, -0.15) is 0 Å². The lowest BCUT2D eigenvalue weighted by Crippen LogP contribution is -2.24. The molecular weight excluding hydrogens is 332 g/mol. The fourth-order valence-electron chi connectivity index (χ4n) is 3.48. The van der Waals surface area contributed by atoms with E-state index in [0.29, 0.717) is 31.7 Å². The van der Waals surface area contributed by atoms with Crippen LogP contribution >= 0.6 is 0 Å². The van der Waals surface area contributed by atoms with Gasteiger partial charge < -0.3 is 14.9 Å². The van der Waals surface area contributed by atoms with E-state index in [1.54, 1.807) is 6.08 Å². The molecule has 1 saturated carbocycles. The van der Waals surface area contributed by atoms with Gasteiger partial charge in [0.2, 0.25) is 0 Å². The molecule has 0 bridgehead atoms. The summed E-state index contributed by atoms with van der Waals surface area (Å²) in [7, 11) is 0. The highest BCUT2D eigenvalue weighted by atomic mass is 16.5. The Kier molecular flexibility index (Phi) is 10.4. The number of carbonyl (C=O) groups excluding carboxylic acids is 1. The first-order valence-corrected chi connectivity index (χ1v) is 9.76. The first-order chi connectivity index (χ1) is 12.4. The maximum absolute atomic E-state index is 12.1. The Labute approximate surface area is 157 Å². The van der Waals surface area contributed by atoms with E-state index in [2.05, 4.69) is 19.6 Å². The SMILES string of the molecule is C=CC(O)(CC=C[C@H]1CCC(=O)[C@@H]1CCCCOCC(=O)O)CCCC. The van der Waals surface area contributed by atoms with Crippen LogP contribution in [0.3, 0.4) is 0 Å². The molecule has 2 N–H and O–H groups in total. The number of ether oxygens (including phenoxy) is 1. The van der Waals surface area contributed by atoms with Gasteiger partial charge in [-0.3, -0.25) is 4.79 Å². The number of carbonyl (C=O) groups is 2. The van der Waals surface area contributed by atoms with E-state index in [1.165, 1.54) is 0 Å². The molecular formula is C21H34O5. The number of rotatable bonds is 14. The molecule has 1 aliphatic carbocycles. The molecule has 0 amide bonds. The molecule has 0 saturated heterocycles. The number of ketones is 1. The molecule has 0 aromatic rings. The van der Waals surface area contributed by atoms with E-state index in [1.807, 2.05) is 6.08 Å². The molecule has 0 radical (unpaired) electrons. The quantitative estimate of drug-likeness (QED) is 0.360. The minimum absolute atomic E-state index is 0.0400. The molecule has 5 heteroatoms. The van der Waals surface area contributed by atoms with Crippen LogP contribution in [0.4, 0.5) is 0 Å². The number of carboxylic acid groups (broad SMARTS) is 1. The maximum atomic E-state index is 12.1. The molecule has 1 fully saturated rings. The van der Waals surface area contributed by atoms with E-state index >= 15 is 0 Å². The zero-order chi connectivity index (χ0) is 19.4. The van der Waals surface area contributed by atoms with Crippen molar-refractivity contribution in [2.45, 2.75) is 70.3 Å². The van der Waals surface area contributed by atoms with Crippen molar-refractivity contribution in [3.63, 3.8) is 0 Å². The number of Topliss-reactive ketones (excluding diaryl/α,β-unsaturated/α-hetero) is 1. The smallest absolute Gasteiger partial charge is 0.329 e. The van der Waals surface area contributed by atoms with Crippen LogP contribution in [0.5, 0.6) is 0 Å². The third kappa shape index (κ3) is 8.28. The van der Waals surface area contributed by atoms with Crippen molar-refractivity contribution in [1.82, 2.24) is 0 Å². The van der Waals surface area contributed by atoms with Gasteiger partial charge in [0, 0.05) is 18.9 Å². The van der Waals surface area contributed by atoms with Gasteiger partial charge >= 0.3 is 5.97 Å². The molecule has 0 aromatic carbocycles. The zero-order valence-corrected chi connectivity index (χ0v) is 16.0. The van der Waals surface area contributed by atoms with E-state index in [9.17, 15) is 14.7 Å². The van der Waals surface area contributed by atoms with Crippen LogP contribution in [0.15, 0.2) is 24.8 Å². The van der Waals surface area contributed by atoms with Gasteiger partial charge in [-0.05, 0) is 38.0 Å². The van der Waals surface area contributed by atoms with Crippen molar-refractivity contribution in [1.29, 1.82) is 0 Å². The number of aliphatic hydroxyl groups is 1.